The van der Waals surface area contributed by atoms with Crippen LogP contribution >= 0.6 is 0 Å². The van der Waals surface area contributed by atoms with Crippen LogP contribution in [-0.2, 0) is 6.42 Å². The number of benzene rings is 2. The van der Waals surface area contributed by atoms with Crippen LogP contribution in [0.2, 0.25) is 0 Å². The molecule has 3 heteroatoms. The Labute approximate surface area is 112 Å². The van der Waals surface area contributed by atoms with Crippen molar-refractivity contribution in [3.05, 3.63) is 65.0 Å². The molecule has 0 aliphatic rings. The summed E-state index contributed by atoms with van der Waals surface area (Å²) >= 11 is 0. The Kier molecular flexibility index (Phi) is 3.95. The summed E-state index contributed by atoms with van der Waals surface area (Å²) in [4.78, 5) is 12.1. The lowest BCUT2D eigenvalue weighted by Gasteiger charge is -2.13. The van der Waals surface area contributed by atoms with Crippen LogP contribution in [0, 0.1) is 12.7 Å². The van der Waals surface area contributed by atoms with Crippen LogP contribution in [0.4, 0.5) is 10.1 Å². The quantitative estimate of drug-likeness (QED) is 0.886. The maximum Gasteiger partial charge on any atom is 0.258 e. The number of aryl methyl sites for hydroxylation is 2. The highest BCUT2D eigenvalue weighted by molar-refractivity contribution is 6.05. The van der Waals surface area contributed by atoms with Crippen LogP contribution in [0.25, 0.3) is 0 Å². The zero-order valence-electron chi connectivity index (χ0n) is 11.0. The van der Waals surface area contributed by atoms with Crippen molar-refractivity contribution in [1.29, 1.82) is 0 Å². The van der Waals surface area contributed by atoms with E-state index in [1.54, 1.807) is 12.1 Å². The molecule has 0 saturated carbocycles. The molecule has 0 heterocycles. The van der Waals surface area contributed by atoms with E-state index in [-0.39, 0.29) is 5.56 Å². The van der Waals surface area contributed by atoms with Crippen LogP contribution in [0.5, 0.6) is 0 Å². The molecule has 0 aromatic heterocycles. The summed E-state index contributed by atoms with van der Waals surface area (Å²) in [5.41, 5.74) is 2.86. The van der Waals surface area contributed by atoms with Gasteiger partial charge in [-0.1, -0.05) is 37.3 Å². The molecule has 19 heavy (non-hydrogen) atoms. The van der Waals surface area contributed by atoms with Crippen molar-refractivity contribution in [2.24, 2.45) is 0 Å². The predicted molar refractivity (Wildman–Crippen MR) is 74.9 cm³/mol. The molecule has 0 unspecified atom stereocenters. The topological polar surface area (TPSA) is 29.1 Å². The Morgan fingerprint density at radius 2 is 1.89 bits per heavy atom. The standard InChI is InChI=1S/C16H16FNO/c1-3-12-8-6-7-11(2)15(12)18-16(19)13-9-4-5-10-14(13)17/h4-10H,3H2,1-2H3,(H,18,19). The summed E-state index contributed by atoms with van der Waals surface area (Å²) in [6.45, 7) is 3.95. The predicted octanol–water partition coefficient (Wildman–Crippen LogP) is 3.95. The maximum absolute atomic E-state index is 13.6. The number of anilines is 1. The number of halogens is 1. The molecule has 2 aromatic rings. The number of hydrogen-bond acceptors (Lipinski definition) is 1. The van der Waals surface area contributed by atoms with Crippen molar-refractivity contribution >= 4 is 11.6 Å². The van der Waals surface area contributed by atoms with Crippen LogP contribution in [-0.4, -0.2) is 5.91 Å². The van der Waals surface area contributed by atoms with Crippen LogP contribution in [0.15, 0.2) is 42.5 Å². The SMILES string of the molecule is CCc1cccc(C)c1NC(=O)c1ccccc1F. The van der Waals surface area contributed by atoms with Crippen LogP contribution < -0.4 is 5.32 Å². The average Bonchev–Trinajstić information content (AvgIpc) is 2.41. The molecule has 1 amide bonds. The number of hydrogen-bond donors (Lipinski definition) is 1. The summed E-state index contributed by atoms with van der Waals surface area (Å²) in [6.07, 6.45) is 0.814. The molecule has 0 bridgehead atoms. The van der Waals surface area contributed by atoms with Gasteiger partial charge in [0.2, 0.25) is 0 Å². The third-order valence-electron chi connectivity index (χ3n) is 3.10. The zero-order valence-corrected chi connectivity index (χ0v) is 11.0. The number of rotatable bonds is 3. The number of carbonyl (C=O) groups is 1. The van der Waals surface area contributed by atoms with Gasteiger partial charge >= 0.3 is 0 Å². The minimum atomic E-state index is -0.508. The van der Waals surface area contributed by atoms with Gasteiger partial charge in [0.1, 0.15) is 5.82 Å². The van der Waals surface area contributed by atoms with E-state index in [0.717, 1.165) is 23.2 Å². The van der Waals surface area contributed by atoms with Crippen molar-refractivity contribution in [2.75, 3.05) is 5.32 Å². The number of para-hydroxylation sites is 1. The monoisotopic (exact) mass is 257 g/mol. The molecular formula is C16H16FNO. The first-order chi connectivity index (χ1) is 9.13. The van der Waals surface area contributed by atoms with Crippen molar-refractivity contribution in [1.82, 2.24) is 0 Å². The number of carbonyl (C=O) groups excluding carboxylic acids is 1. The van der Waals surface area contributed by atoms with Gasteiger partial charge in [0.15, 0.2) is 0 Å². The van der Waals surface area contributed by atoms with Crippen molar-refractivity contribution in [3.63, 3.8) is 0 Å². The molecule has 2 rings (SSSR count). The molecule has 0 aliphatic carbocycles. The Balaban J connectivity index is 2.32. The van der Waals surface area contributed by atoms with Gasteiger partial charge in [-0.05, 0) is 36.6 Å². The molecule has 0 aliphatic heterocycles. The second-order valence-corrected chi connectivity index (χ2v) is 4.40. The lowest BCUT2D eigenvalue weighted by Crippen LogP contribution is -2.15. The smallest absolute Gasteiger partial charge is 0.258 e. The zero-order chi connectivity index (χ0) is 13.8. The highest BCUT2D eigenvalue weighted by Gasteiger charge is 2.13. The Hall–Kier alpha value is -2.16. The Morgan fingerprint density at radius 1 is 1.16 bits per heavy atom. The van der Waals surface area contributed by atoms with Crippen molar-refractivity contribution < 1.29 is 9.18 Å². The normalized spacial score (nSPS) is 10.3. The lowest BCUT2D eigenvalue weighted by atomic mass is 10.1. The van der Waals surface area contributed by atoms with E-state index in [1.807, 2.05) is 32.0 Å². The lowest BCUT2D eigenvalue weighted by molar-refractivity contribution is 0.102. The first-order valence-electron chi connectivity index (χ1n) is 6.28. The number of amides is 1. The molecule has 0 spiro atoms. The molecule has 2 nitrogen and oxygen atoms in total. The summed E-state index contributed by atoms with van der Waals surface area (Å²) in [7, 11) is 0. The van der Waals surface area contributed by atoms with E-state index in [0.29, 0.717) is 0 Å². The minimum absolute atomic E-state index is 0.0628. The molecule has 2 aromatic carbocycles. The second-order valence-electron chi connectivity index (χ2n) is 4.40. The molecule has 0 saturated heterocycles. The van der Waals surface area contributed by atoms with E-state index >= 15 is 0 Å². The Morgan fingerprint density at radius 3 is 2.58 bits per heavy atom. The highest BCUT2D eigenvalue weighted by Crippen LogP contribution is 2.22. The number of nitrogens with one attached hydrogen (secondary N) is 1. The fourth-order valence-electron chi connectivity index (χ4n) is 2.03. The summed E-state index contributed by atoms with van der Waals surface area (Å²) < 4.78 is 13.6. The van der Waals surface area contributed by atoms with E-state index in [9.17, 15) is 9.18 Å². The molecule has 0 radical (unpaired) electrons. The van der Waals surface area contributed by atoms with Crippen molar-refractivity contribution in [3.8, 4) is 0 Å². The van der Waals surface area contributed by atoms with E-state index in [1.165, 1.54) is 12.1 Å². The fraction of sp³-hybridized carbons (Fsp3) is 0.188. The third kappa shape index (κ3) is 2.81. The summed E-state index contributed by atoms with van der Waals surface area (Å²) in [6, 6.07) is 11.8. The molecule has 1 N–H and O–H groups in total. The molecular weight excluding hydrogens is 241 g/mol. The fourth-order valence-corrected chi connectivity index (χ4v) is 2.03. The molecule has 98 valence electrons. The molecule has 0 fully saturated rings. The first kappa shape index (κ1) is 13.3. The first-order valence-corrected chi connectivity index (χ1v) is 6.28. The maximum atomic E-state index is 13.6. The van der Waals surface area contributed by atoms with Gasteiger partial charge in [-0.2, -0.15) is 0 Å². The van der Waals surface area contributed by atoms with Gasteiger partial charge in [-0.25, -0.2) is 4.39 Å². The van der Waals surface area contributed by atoms with Crippen LogP contribution in [0.3, 0.4) is 0 Å². The highest BCUT2D eigenvalue weighted by atomic mass is 19.1. The van der Waals surface area contributed by atoms with E-state index in [2.05, 4.69) is 5.32 Å². The third-order valence-corrected chi connectivity index (χ3v) is 3.10. The van der Waals surface area contributed by atoms with Gasteiger partial charge in [0.25, 0.3) is 5.91 Å². The van der Waals surface area contributed by atoms with E-state index < -0.39 is 11.7 Å². The van der Waals surface area contributed by atoms with E-state index in [4.69, 9.17) is 0 Å². The molecule has 0 atom stereocenters. The van der Waals surface area contributed by atoms with Crippen molar-refractivity contribution in [2.45, 2.75) is 20.3 Å². The summed E-state index contributed by atoms with van der Waals surface area (Å²) in [5.74, 6) is -0.922. The van der Waals surface area contributed by atoms with Gasteiger partial charge in [-0.3, -0.25) is 4.79 Å². The minimum Gasteiger partial charge on any atom is -0.321 e. The van der Waals surface area contributed by atoms with Crippen LogP contribution in [0.1, 0.15) is 28.4 Å². The Bertz CT molecular complexity index is 607. The average molecular weight is 257 g/mol. The van der Waals surface area contributed by atoms with Gasteiger partial charge < -0.3 is 5.32 Å². The van der Waals surface area contributed by atoms with Gasteiger partial charge in [-0.15, -0.1) is 0 Å². The van der Waals surface area contributed by atoms with Gasteiger partial charge in [0, 0.05) is 5.69 Å². The second kappa shape index (κ2) is 5.65. The van der Waals surface area contributed by atoms with Gasteiger partial charge in [0.05, 0.1) is 5.56 Å². The largest absolute Gasteiger partial charge is 0.321 e. The summed E-state index contributed by atoms with van der Waals surface area (Å²) in [5, 5.41) is 2.81.